The molecule has 4 aromatic rings. The normalized spacial score (nSPS) is 18.6. The molecule has 0 N–H and O–H groups in total. The molecule has 2 aromatic heterocycles. The van der Waals surface area contributed by atoms with E-state index in [0.29, 0.717) is 41.2 Å². The van der Waals surface area contributed by atoms with E-state index in [4.69, 9.17) is 9.84 Å². The topological polar surface area (TPSA) is 78.1 Å². The number of benzene rings is 2. The van der Waals surface area contributed by atoms with Crippen molar-refractivity contribution in [3.63, 3.8) is 0 Å². The van der Waals surface area contributed by atoms with E-state index < -0.39 is 17.5 Å². The van der Waals surface area contributed by atoms with Gasteiger partial charge in [-0.2, -0.15) is 20.1 Å². The van der Waals surface area contributed by atoms with Gasteiger partial charge in [0.25, 0.3) is 5.91 Å². The molecule has 0 unspecified atom stereocenters. The molecule has 0 aliphatic carbocycles. The minimum atomic E-state index is -1.50. The summed E-state index contributed by atoms with van der Waals surface area (Å²) in [5.41, 5.74) is 3.19. The van der Waals surface area contributed by atoms with Crippen LogP contribution in [0.4, 0.5) is 13.2 Å². The summed E-state index contributed by atoms with van der Waals surface area (Å²) in [6.45, 7) is 0. The van der Waals surface area contributed by atoms with Crippen LogP contribution in [0.2, 0.25) is 0 Å². The van der Waals surface area contributed by atoms with Gasteiger partial charge in [0, 0.05) is 30.3 Å². The summed E-state index contributed by atoms with van der Waals surface area (Å²) < 4.78 is 48.7. The lowest BCUT2D eigenvalue weighted by atomic mass is 9.81. The Bertz CT molecular complexity index is 1490. The van der Waals surface area contributed by atoms with Crippen molar-refractivity contribution in [2.75, 3.05) is 7.11 Å². The van der Waals surface area contributed by atoms with Gasteiger partial charge in [-0.15, -0.1) is 0 Å². The van der Waals surface area contributed by atoms with Crippen LogP contribution in [0.5, 0.6) is 5.75 Å². The van der Waals surface area contributed by atoms with Crippen molar-refractivity contribution in [2.24, 2.45) is 7.05 Å². The third-order valence-corrected chi connectivity index (χ3v) is 7.24. The summed E-state index contributed by atoms with van der Waals surface area (Å²) in [6.07, 6.45) is 5.92. The number of methoxy groups -OCH3 is 1. The highest BCUT2D eigenvalue weighted by molar-refractivity contribution is 5.98. The Hall–Kier alpha value is -4.15. The van der Waals surface area contributed by atoms with Gasteiger partial charge in [0.05, 0.1) is 42.5 Å². The number of carbonyl (C=O) groups excluding carboxylic acids is 1. The number of hydrogen-bond donors (Lipinski definition) is 0. The summed E-state index contributed by atoms with van der Waals surface area (Å²) >= 11 is 0. The van der Waals surface area contributed by atoms with Gasteiger partial charge in [-0.3, -0.25) is 9.48 Å². The molecule has 1 amide bonds. The van der Waals surface area contributed by atoms with Crippen molar-refractivity contribution in [1.82, 2.24) is 29.7 Å². The van der Waals surface area contributed by atoms with Crippen molar-refractivity contribution in [3.05, 3.63) is 77.0 Å². The Morgan fingerprint density at radius 2 is 1.78 bits per heavy atom. The Labute approximate surface area is 210 Å². The Balaban J connectivity index is 1.44. The van der Waals surface area contributed by atoms with Gasteiger partial charge < -0.3 is 9.64 Å². The molecule has 1 saturated heterocycles. The second-order valence-electron chi connectivity index (χ2n) is 9.31. The first-order valence-electron chi connectivity index (χ1n) is 12.0. The number of piperidine rings is 1. The fourth-order valence-electron chi connectivity index (χ4n) is 5.67. The zero-order valence-electron chi connectivity index (χ0n) is 20.2. The molecule has 8 nitrogen and oxygen atoms in total. The van der Waals surface area contributed by atoms with E-state index in [-0.39, 0.29) is 23.6 Å². The lowest BCUT2D eigenvalue weighted by Crippen LogP contribution is -2.50. The predicted octanol–water partition coefficient (Wildman–Crippen LogP) is 4.39. The molecule has 2 aliphatic heterocycles. The van der Waals surface area contributed by atoms with Crippen molar-refractivity contribution < 1.29 is 22.7 Å². The number of halogens is 3. The van der Waals surface area contributed by atoms with Crippen molar-refractivity contribution in [3.8, 4) is 22.7 Å². The highest BCUT2D eigenvalue weighted by atomic mass is 19.2. The lowest BCUT2D eigenvalue weighted by Gasteiger charge is -2.45. The minimum absolute atomic E-state index is 0.141. The molecule has 2 aromatic carbocycles. The van der Waals surface area contributed by atoms with Gasteiger partial charge in [-0.25, -0.2) is 13.2 Å². The summed E-state index contributed by atoms with van der Waals surface area (Å²) in [6, 6.07) is 6.67. The maximum Gasteiger partial charge on any atom is 0.256 e. The molecule has 4 heterocycles. The van der Waals surface area contributed by atoms with Crippen LogP contribution in [0.3, 0.4) is 0 Å². The van der Waals surface area contributed by atoms with Gasteiger partial charge in [-0.05, 0) is 49.9 Å². The number of aromatic nitrogens is 5. The summed E-state index contributed by atoms with van der Waals surface area (Å²) in [5, 5.41) is 13.1. The molecular formula is C26H23F3N6O2. The van der Waals surface area contributed by atoms with E-state index in [1.165, 1.54) is 17.2 Å². The second kappa shape index (κ2) is 8.75. The quantitative estimate of drug-likeness (QED) is 0.382. The number of amides is 1. The number of fused-ring (bicyclic) bond motifs is 4. The molecule has 11 heteroatoms. The average molecular weight is 509 g/mol. The molecular weight excluding hydrogens is 485 g/mol. The second-order valence-corrected chi connectivity index (χ2v) is 9.31. The van der Waals surface area contributed by atoms with E-state index in [1.807, 2.05) is 4.90 Å². The highest BCUT2D eigenvalue weighted by Gasteiger charge is 2.44. The van der Waals surface area contributed by atoms with Crippen LogP contribution in [-0.2, 0) is 13.5 Å². The fraction of sp³-hybridized carbons (Fsp3) is 0.308. The SMILES string of the molecule is COc1ccc(C(=O)N2[C@H]3CCC[C@@H]2c2nn(C)c(-c4cc(F)c(F)c(F)c4)c2C3)c(-n2nccn2)c1. The molecule has 2 bridgehead atoms. The largest absolute Gasteiger partial charge is 0.497 e. The maximum atomic E-state index is 14.1. The minimum Gasteiger partial charge on any atom is -0.497 e. The highest BCUT2D eigenvalue weighted by Crippen LogP contribution is 2.45. The van der Waals surface area contributed by atoms with Gasteiger partial charge in [0.2, 0.25) is 0 Å². The van der Waals surface area contributed by atoms with Crippen molar-refractivity contribution in [1.29, 1.82) is 0 Å². The first-order valence-corrected chi connectivity index (χ1v) is 12.0. The molecule has 37 heavy (non-hydrogen) atoms. The van der Waals surface area contributed by atoms with Gasteiger partial charge >= 0.3 is 0 Å². The van der Waals surface area contributed by atoms with Crippen LogP contribution in [0.25, 0.3) is 16.9 Å². The lowest BCUT2D eigenvalue weighted by molar-refractivity contribution is 0.0391. The summed E-state index contributed by atoms with van der Waals surface area (Å²) in [4.78, 5) is 17.3. The molecule has 6 rings (SSSR count). The number of aryl methyl sites for hydroxylation is 1. The number of ether oxygens (including phenoxy) is 1. The van der Waals surface area contributed by atoms with Crippen LogP contribution in [-0.4, -0.2) is 48.7 Å². The first-order chi connectivity index (χ1) is 17.9. The van der Waals surface area contributed by atoms with Crippen LogP contribution in [0.1, 0.15) is 46.9 Å². The third-order valence-electron chi connectivity index (χ3n) is 7.24. The molecule has 2 atom stereocenters. The van der Waals surface area contributed by atoms with E-state index in [2.05, 4.69) is 10.2 Å². The summed E-state index contributed by atoms with van der Waals surface area (Å²) in [5.74, 6) is -3.62. The maximum absolute atomic E-state index is 14.1. The van der Waals surface area contributed by atoms with Crippen molar-refractivity contribution in [2.45, 2.75) is 37.8 Å². The Kier molecular flexibility index (Phi) is 5.50. The van der Waals surface area contributed by atoms with E-state index in [0.717, 1.165) is 30.5 Å². The van der Waals surface area contributed by atoms with E-state index in [1.54, 1.807) is 37.0 Å². The van der Waals surface area contributed by atoms with Gasteiger partial charge in [0.15, 0.2) is 17.5 Å². The molecule has 1 fully saturated rings. The standard InChI is InChI=1S/C26H23F3N6O2/c1-33-25(14-10-19(27)23(29)20(28)11-14)18-12-15-4-3-5-21(24(18)32-33)34(15)26(36)17-7-6-16(37-2)13-22(17)35-30-8-9-31-35/h6-11,13,15,21H,3-5,12H2,1-2H3/t15-,21+/m0/s1. The fourth-order valence-corrected chi connectivity index (χ4v) is 5.67. The zero-order chi connectivity index (χ0) is 25.8. The van der Waals surface area contributed by atoms with Crippen LogP contribution in [0.15, 0.2) is 42.7 Å². The molecule has 2 aliphatic rings. The molecule has 0 saturated carbocycles. The van der Waals surface area contributed by atoms with Crippen LogP contribution < -0.4 is 4.74 Å². The number of hydrogen-bond acceptors (Lipinski definition) is 5. The predicted molar refractivity (Wildman–Crippen MR) is 127 cm³/mol. The Morgan fingerprint density at radius 1 is 1.05 bits per heavy atom. The summed E-state index contributed by atoms with van der Waals surface area (Å²) in [7, 11) is 3.24. The van der Waals surface area contributed by atoms with E-state index in [9.17, 15) is 18.0 Å². The van der Waals surface area contributed by atoms with Gasteiger partial charge in [-0.1, -0.05) is 0 Å². The molecule has 0 spiro atoms. The number of rotatable bonds is 4. The smallest absolute Gasteiger partial charge is 0.256 e. The van der Waals surface area contributed by atoms with E-state index >= 15 is 0 Å². The number of carbonyl (C=O) groups is 1. The zero-order valence-corrected chi connectivity index (χ0v) is 20.2. The first kappa shape index (κ1) is 23.3. The van der Waals surface area contributed by atoms with Crippen LogP contribution >= 0.6 is 0 Å². The molecule has 0 radical (unpaired) electrons. The van der Waals surface area contributed by atoms with Crippen molar-refractivity contribution >= 4 is 5.91 Å². The Morgan fingerprint density at radius 3 is 2.49 bits per heavy atom. The third kappa shape index (κ3) is 3.68. The van der Waals surface area contributed by atoms with Crippen LogP contribution in [0, 0.1) is 17.5 Å². The molecule has 190 valence electrons. The average Bonchev–Trinajstić information content (AvgIpc) is 3.54. The van der Waals surface area contributed by atoms with Gasteiger partial charge in [0.1, 0.15) is 11.4 Å². The number of nitrogens with zero attached hydrogens (tertiary/aromatic N) is 6. The monoisotopic (exact) mass is 508 g/mol.